The van der Waals surface area contributed by atoms with Crippen LogP contribution in [-0.2, 0) is 17.9 Å². The number of carboxylic acid groups (broad SMARTS) is 1. The Balaban J connectivity index is 1.76. The van der Waals surface area contributed by atoms with E-state index >= 15 is 0 Å². The molecule has 6 nitrogen and oxygen atoms in total. The summed E-state index contributed by atoms with van der Waals surface area (Å²) in [6, 6.07) is 15.0. The van der Waals surface area contributed by atoms with Crippen LogP contribution in [0.3, 0.4) is 0 Å². The summed E-state index contributed by atoms with van der Waals surface area (Å²) in [6.45, 7) is 11.2. The summed E-state index contributed by atoms with van der Waals surface area (Å²) in [6.07, 6.45) is -0.100. The van der Waals surface area contributed by atoms with E-state index in [4.69, 9.17) is 10.5 Å². The molecule has 0 amide bonds. The number of aliphatic carboxylic acids is 1. The number of aryl methyl sites for hydroxylation is 1. The maximum absolute atomic E-state index is 14.7. The minimum atomic E-state index is -1.10. The fourth-order valence-electron chi connectivity index (χ4n) is 5.50. The highest BCUT2D eigenvalue weighted by Crippen LogP contribution is 2.45. The van der Waals surface area contributed by atoms with Gasteiger partial charge in [-0.25, -0.2) is 4.39 Å². The molecular formula is C31H38FN3O3. The molecule has 1 heterocycles. The number of halogens is 1. The second-order valence-electron chi connectivity index (χ2n) is 11.0. The molecule has 3 aromatic rings. The Morgan fingerprint density at radius 1 is 1.24 bits per heavy atom. The van der Waals surface area contributed by atoms with Gasteiger partial charge >= 0.3 is 5.97 Å². The molecule has 0 aromatic heterocycles. The van der Waals surface area contributed by atoms with Gasteiger partial charge < -0.3 is 20.9 Å². The van der Waals surface area contributed by atoms with E-state index in [9.17, 15) is 14.3 Å². The van der Waals surface area contributed by atoms with Crippen LogP contribution in [0.25, 0.3) is 0 Å². The quantitative estimate of drug-likeness (QED) is 0.327. The van der Waals surface area contributed by atoms with Gasteiger partial charge in [0, 0.05) is 38.2 Å². The minimum absolute atomic E-state index is 0.100. The number of nitrogens with zero attached hydrogens (tertiary/aromatic N) is 1. The first-order valence-corrected chi connectivity index (χ1v) is 13.0. The van der Waals surface area contributed by atoms with E-state index in [0.717, 1.165) is 33.5 Å². The van der Waals surface area contributed by atoms with Crippen LogP contribution in [0.4, 0.5) is 15.8 Å². The first-order valence-electron chi connectivity index (χ1n) is 13.0. The average molecular weight is 520 g/mol. The number of benzene rings is 3. The number of nitrogen functional groups attached to an aromatic ring is 1. The monoisotopic (exact) mass is 519 g/mol. The van der Waals surface area contributed by atoms with E-state index in [2.05, 4.69) is 16.3 Å². The van der Waals surface area contributed by atoms with Crippen molar-refractivity contribution >= 4 is 17.3 Å². The maximum Gasteiger partial charge on any atom is 0.310 e. The number of rotatable bonds is 7. The zero-order valence-electron chi connectivity index (χ0n) is 23.1. The largest absolute Gasteiger partial charge is 0.489 e. The Morgan fingerprint density at radius 3 is 2.66 bits per heavy atom. The molecule has 0 bridgehead atoms. The molecule has 0 spiro atoms. The first kappa shape index (κ1) is 27.5. The van der Waals surface area contributed by atoms with E-state index in [1.165, 1.54) is 6.07 Å². The van der Waals surface area contributed by atoms with Crippen LogP contribution in [0.1, 0.15) is 60.1 Å². The van der Waals surface area contributed by atoms with Crippen molar-refractivity contribution in [1.29, 1.82) is 0 Å². The molecule has 4 rings (SSSR count). The Kier molecular flexibility index (Phi) is 7.70. The summed E-state index contributed by atoms with van der Waals surface area (Å²) in [5, 5.41) is 13.4. The zero-order valence-corrected chi connectivity index (χ0v) is 23.1. The zero-order chi connectivity index (χ0) is 27.8. The van der Waals surface area contributed by atoms with E-state index in [0.29, 0.717) is 36.6 Å². The number of carbonyl (C=O) groups is 1. The number of hydrogen-bond donors (Lipinski definition) is 3. The molecule has 2 atom stereocenters. The molecule has 4 N–H and O–H groups in total. The smallest absolute Gasteiger partial charge is 0.310 e. The predicted octanol–water partition coefficient (Wildman–Crippen LogP) is 6.09. The summed E-state index contributed by atoms with van der Waals surface area (Å²) in [5.41, 5.74) is 12.1. The van der Waals surface area contributed by atoms with Gasteiger partial charge in [0.05, 0.1) is 16.8 Å². The fraction of sp³-hybridized carbons (Fsp3) is 0.387. The van der Waals surface area contributed by atoms with E-state index in [1.54, 1.807) is 19.9 Å². The third-order valence-corrected chi connectivity index (χ3v) is 7.81. The van der Waals surface area contributed by atoms with Crippen LogP contribution < -0.4 is 15.8 Å². The SMILES string of the molecule is CNc1ccc(C(c2ccc(C)c(CN3Cc4c(F)cccc4OC(C)C3)c2)C(C)(C)C(=O)O)c(C)c1N. The molecule has 2 unspecified atom stereocenters. The molecular weight excluding hydrogens is 481 g/mol. The van der Waals surface area contributed by atoms with Gasteiger partial charge in [0.15, 0.2) is 0 Å². The van der Waals surface area contributed by atoms with Crippen molar-refractivity contribution in [3.05, 3.63) is 87.7 Å². The van der Waals surface area contributed by atoms with Gasteiger partial charge in [-0.3, -0.25) is 9.69 Å². The number of ether oxygens (including phenoxy) is 1. The van der Waals surface area contributed by atoms with Gasteiger partial charge in [-0.1, -0.05) is 30.3 Å². The number of nitrogens with two attached hydrogens (primary N) is 1. The first-order chi connectivity index (χ1) is 17.9. The molecule has 38 heavy (non-hydrogen) atoms. The molecule has 0 saturated carbocycles. The summed E-state index contributed by atoms with van der Waals surface area (Å²) < 4.78 is 20.7. The highest BCUT2D eigenvalue weighted by atomic mass is 19.1. The Hall–Kier alpha value is -3.58. The second-order valence-corrected chi connectivity index (χ2v) is 11.0. The number of hydrogen-bond acceptors (Lipinski definition) is 5. The molecule has 0 aliphatic carbocycles. The van der Waals surface area contributed by atoms with Crippen molar-refractivity contribution in [2.45, 2.75) is 59.7 Å². The highest BCUT2D eigenvalue weighted by molar-refractivity contribution is 5.78. The van der Waals surface area contributed by atoms with Gasteiger partial charge in [-0.15, -0.1) is 0 Å². The molecule has 0 saturated heterocycles. The highest BCUT2D eigenvalue weighted by Gasteiger charge is 2.40. The summed E-state index contributed by atoms with van der Waals surface area (Å²) in [5.74, 6) is -0.997. The lowest BCUT2D eigenvalue weighted by Crippen LogP contribution is -2.33. The molecule has 0 fully saturated rings. The van der Waals surface area contributed by atoms with Crippen LogP contribution in [-0.4, -0.2) is 35.7 Å². The standard InChI is InChI=1S/C31H38FN3O3/c1-18-10-11-21(28(31(4,5)30(36)37)23-12-13-26(34-6)29(33)20(23)3)14-22(18)16-35-15-19(2)38-27-9-7-8-25(32)24(27)17-35/h7-14,19,28,34H,15-17,33H2,1-6H3,(H,36,37). The lowest BCUT2D eigenvalue weighted by molar-refractivity contribution is -0.147. The van der Waals surface area contributed by atoms with Gasteiger partial charge in [0.1, 0.15) is 17.7 Å². The predicted molar refractivity (Wildman–Crippen MR) is 150 cm³/mol. The topological polar surface area (TPSA) is 87.8 Å². The normalized spacial score (nSPS) is 16.8. The molecule has 3 aromatic carbocycles. The van der Waals surface area contributed by atoms with Crippen LogP contribution in [0.2, 0.25) is 0 Å². The van der Waals surface area contributed by atoms with Crippen molar-refractivity contribution in [3.8, 4) is 5.75 Å². The summed E-state index contributed by atoms with van der Waals surface area (Å²) >= 11 is 0. The van der Waals surface area contributed by atoms with E-state index in [1.807, 2.05) is 58.2 Å². The number of fused-ring (bicyclic) bond motifs is 1. The molecule has 7 heteroatoms. The fourth-order valence-corrected chi connectivity index (χ4v) is 5.50. The van der Waals surface area contributed by atoms with Crippen molar-refractivity contribution in [3.63, 3.8) is 0 Å². The molecule has 1 aliphatic heterocycles. The third-order valence-electron chi connectivity index (χ3n) is 7.81. The van der Waals surface area contributed by atoms with Crippen LogP contribution in [0.5, 0.6) is 5.75 Å². The van der Waals surface area contributed by atoms with E-state index < -0.39 is 17.3 Å². The van der Waals surface area contributed by atoms with Gasteiger partial charge in [-0.2, -0.15) is 0 Å². The Morgan fingerprint density at radius 2 is 1.97 bits per heavy atom. The molecule has 0 radical (unpaired) electrons. The van der Waals surface area contributed by atoms with Gasteiger partial charge in [0.2, 0.25) is 0 Å². The third kappa shape index (κ3) is 5.20. The summed E-state index contributed by atoms with van der Waals surface area (Å²) in [7, 11) is 1.81. The van der Waals surface area contributed by atoms with E-state index in [-0.39, 0.29) is 11.9 Å². The van der Waals surface area contributed by atoms with Crippen molar-refractivity contribution < 1.29 is 19.0 Å². The average Bonchev–Trinajstić information content (AvgIpc) is 3.02. The van der Waals surface area contributed by atoms with Gasteiger partial charge in [-0.05, 0) is 80.6 Å². The Bertz CT molecular complexity index is 1350. The second kappa shape index (κ2) is 10.7. The summed E-state index contributed by atoms with van der Waals surface area (Å²) in [4.78, 5) is 14.7. The van der Waals surface area contributed by atoms with Crippen LogP contribution >= 0.6 is 0 Å². The van der Waals surface area contributed by atoms with Crippen LogP contribution in [0, 0.1) is 25.1 Å². The lowest BCUT2D eigenvalue weighted by atomic mass is 9.69. The van der Waals surface area contributed by atoms with Crippen molar-refractivity contribution in [1.82, 2.24) is 4.90 Å². The van der Waals surface area contributed by atoms with Gasteiger partial charge in [0.25, 0.3) is 0 Å². The van der Waals surface area contributed by atoms with Crippen molar-refractivity contribution in [2.75, 3.05) is 24.6 Å². The lowest BCUT2D eigenvalue weighted by Gasteiger charge is -2.34. The van der Waals surface area contributed by atoms with Crippen LogP contribution in [0.15, 0.2) is 48.5 Å². The maximum atomic E-state index is 14.7. The molecule has 202 valence electrons. The number of anilines is 2. The molecule has 1 aliphatic rings. The number of nitrogens with one attached hydrogen (secondary N) is 1. The number of carboxylic acids is 1. The van der Waals surface area contributed by atoms with Crippen molar-refractivity contribution in [2.24, 2.45) is 5.41 Å². The Labute approximate surface area is 224 Å². The minimum Gasteiger partial charge on any atom is -0.489 e.